The standard InChI is InChI=1S/C14H34N2.2BF4/c1-7-9-11-15(3,4)13-14-16(5,6)12-10-8-2;2*2-1(3,4)5/h7-14H2,1-6H3;;/q+2;2*-1. The lowest BCUT2D eigenvalue weighted by molar-refractivity contribution is -0.946. The smallest absolute Gasteiger partial charge is 0.418 e. The molecule has 0 saturated carbocycles. The van der Waals surface area contributed by atoms with Crippen molar-refractivity contribution in [1.82, 2.24) is 0 Å². The van der Waals surface area contributed by atoms with Gasteiger partial charge in [-0.05, 0) is 12.8 Å². The number of nitrogens with zero attached hydrogens (tertiary/aromatic N) is 2. The largest absolute Gasteiger partial charge is 0.673 e. The van der Waals surface area contributed by atoms with Crippen molar-refractivity contribution in [3.8, 4) is 0 Å². The third-order valence-corrected chi connectivity index (χ3v) is 3.54. The molecule has 0 heterocycles. The maximum atomic E-state index is 9.75. The molecule has 0 rings (SSSR count). The van der Waals surface area contributed by atoms with Crippen molar-refractivity contribution in [1.29, 1.82) is 0 Å². The molecule has 0 aliphatic heterocycles. The van der Waals surface area contributed by atoms with Crippen molar-refractivity contribution in [3.05, 3.63) is 0 Å². The molecule has 0 unspecified atom stereocenters. The zero-order chi connectivity index (χ0) is 21.7. The number of rotatable bonds is 9. The average Bonchev–Trinajstić information content (AvgIpc) is 2.38. The topological polar surface area (TPSA) is 0 Å². The Morgan fingerprint density at radius 3 is 0.846 bits per heavy atom. The van der Waals surface area contributed by atoms with Gasteiger partial charge in [0.05, 0.1) is 41.3 Å². The van der Waals surface area contributed by atoms with E-state index in [1.807, 2.05) is 0 Å². The van der Waals surface area contributed by atoms with E-state index in [0.29, 0.717) is 0 Å². The fraction of sp³-hybridized carbons (Fsp3) is 1.00. The van der Waals surface area contributed by atoms with Gasteiger partial charge in [0.2, 0.25) is 0 Å². The summed E-state index contributed by atoms with van der Waals surface area (Å²) in [5.41, 5.74) is 0. The van der Waals surface area contributed by atoms with E-state index in [-0.39, 0.29) is 0 Å². The Morgan fingerprint density at radius 2 is 0.692 bits per heavy atom. The molecule has 0 radical (unpaired) electrons. The highest BCUT2D eigenvalue weighted by atomic mass is 19.5. The van der Waals surface area contributed by atoms with E-state index < -0.39 is 14.5 Å². The van der Waals surface area contributed by atoms with Gasteiger partial charge in [-0.15, -0.1) is 0 Å². The minimum atomic E-state index is -6.00. The zero-order valence-corrected chi connectivity index (χ0v) is 16.7. The lowest BCUT2D eigenvalue weighted by Gasteiger charge is -2.35. The van der Waals surface area contributed by atoms with E-state index in [0.717, 1.165) is 0 Å². The first-order valence-corrected chi connectivity index (χ1v) is 8.71. The third kappa shape index (κ3) is 43.7. The second kappa shape index (κ2) is 13.6. The van der Waals surface area contributed by atoms with Crippen LogP contribution in [0.5, 0.6) is 0 Å². The van der Waals surface area contributed by atoms with Crippen LogP contribution < -0.4 is 0 Å². The summed E-state index contributed by atoms with van der Waals surface area (Å²) in [6.45, 7) is 9.81. The Kier molecular flexibility index (Phi) is 15.8. The fourth-order valence-corrected chi connectivity index (χ4v) is 1.94. The van der Waals surface area contributed by atoms with Crippen molar-refractivity contribution in [2.24, 2.45) is 0 Å². The minimum absolute atomic E-state index is 1.18. The predicted molar refractivity (Wildman–Crippen MR) is 93.9 cm³/mol. The van der Waals surface area contributed by atoms with Gasteiger partial charge in [0.25, 0.3) is 0 Å². The second-order valence-corrected chi connectivity index (χ2v) is 7.46. The minimum Gasteiger partial charge on any atom is -0.418 e. The van der Waals surface area contributed by atoms with Crippen LogP contribution in [0.3, 0.4) is 0 Å². The molecule has 26 heavy (non-hydrogen) atoms. The summed E-state index contributed by atoms with van der Waals surface area (Å²) in [6, 6.07) is 0. The van der Waals surface area contributed by atoms with Gasteiger partial charge in [-0.25, -0.2) is 0 Å². The molecule has 0 aliphatic carbocycles. The van der Waals surface area contributed by atoms with Gasteiger partial charge in [-0.2, -0.15) is 0 Å². The molecule has 2 nitrogen and oxygen atoms in total. The molecule has 0 bridgehead atoms. The summed E-state index contributed by atoms with van der Waals surface area (Å²) >= 11 is 0. The number of hydrogen-bond donors (Lipinski definition) is 0. The second-order valence-electron chi connectivity index (χ2n) is 7.46. The maximum Gasteiger partial charge on any atom is 0.673 e. The summed E-state index contributed by atoms with van der Waals surface area (Å²) in [5, 5.41) is 0. The highest BCUT2D eigenvalue weighted by Crippen LogP contribution is 2.08. The van der Waals surface area contributed by atoms with E-state index >= 15 is 0 Å². The third-order valence-electron chi connectivity index (χ3n) is 3.54. The van der Waals surface area contributed by atoms with E-state index in [2.05, 4.69) is 42.0 Å². The van der Waals surface area contributed by atoms with Crippen LogP contribution in [0.4, 0.5) is 34.5 Å². The molecule has 0 aromatic carbocycles. The molecule has 0 saturated heterocycles. The SMILES string of the molecule is CCCC[N+](C)(C)CC[N+](C)(C)CCCC.F[B-](F)(F)F.F[B-](F)(F)F. The molecule has 162 valence electrons. The Hall–Kier alpha value is -0.510. The summed E-state index contributed by atoms with van der Waals surface area (Å²) < 4.78 is 80.4. The summed E-state index contributed by atoms with van der Waals surface area (Å²) in [5.74, 6) is 0. The van der Waals surface area contributed by atoms with Crippen molar-refractivity contribution in [2.45, 2.75) is 39.5 Å². The first-order valence-electron chi connectivity index (χ1n) is 8.71. The van der Waals surface area contributed by atoms with Crippen molar-refractivity contribution in [3.63, 3.8) is 0 Å². The van der Waals surface area contributed by atoms with Gasteiger partial charge < -0.3 is 43.5 Å². The molecule has 12 heteroatoms. The first-order chi connectivity index (χ1) is 11.3. The van der Waals surface area contributed by atoms with Crippen LogP contribution in [-0.4, -0.2) is 77.8 Å². The van der Waals surface area contributed by atoms with Gasteiger partial charge in [-0.3, -0.25) is 0 Å². The van der Waals surface area contributed by atoms with Crippen LogP contribution >= 0.6 is 0 Å². The lowest BCUT2D eigenvalue weighted by Crippen LogP contribution is -2.51. The molecule has 0 N–H and O–H groups in total. The monoisotopic (exact) mass is 404 g/mol. The lowest BCUT2D eigenvalue weighted by atomic mass is 10.2. The summed E-state index contributed by atoms with van der Waals surface area (Å²) in [4.78, 5) is 0. The molecule has 0 amide bonds. The van der Waals surface area contributed by atoms with E-state index in [4.69, 9.17) is 0 Å². The van der Waals surface area contributed by atoms with Crippen LogP contribution in [0.1, 0.15) is 39.5 Å². The molecule has 0 spiro atoms. The van der Waals surface area contributed by atoms with Crippen LogP contribution in [-0.2, 0) is 0 Å². The van der Waals surface area contributed by atoms with Gasteiger partial charge in [0.1, 0.15) is 13.1 Å². The van der Waals surface area contributed by atoms with E-state index in [1.165, 1.54) is 60.8 Å². The zero-order valence-electron chi connectivity index (χ0n) is 16.7. The molecule has 0 atom stereocenters. The Balaban J connectivity index is -0.000000433. The van der Waals surface area contributed by atoms with Crippen LogP contribution in [0.25, 0.3) is 0 Å². The van der Waals surface area contributed by atoms with Crippen molar-refractivity contribution in [2.75, 3.05) is 54.4 Å². The first kappa shape index (κ1) is 30.2. The quantitative estimate of drug-likeness (QED) is 0.277. The molecule has 0 fully saturated rings. The Morgan fingerprint density at radius 1 is 0.500 bits per heavy atom. The summed E-state index contributed by atoms with van der Waals surface area (Å²) in [7, 11) is -2.52. The van der Waals surface area contributed by atoms with E-state index in [9.17, 15) is 34.5 Å². The Labute approximate surface area is 152 Å². The van der Waals surface area contributed by atoms with Gasteiger partial charge in [0, 0.05) is 0 Å². The Bertz CT molecular complexity index is 290. The summed E-state index contributed by atoms with van der Waals surface area (Å²) in [6.07, 6.45) is 5.34. The van der Waals surface area contributed by atoms with Crippen LogP contribution in [0, 0.1) is 0 Å². The van der Waals surface area contributed by atoms with Gasteiger partial charge in [0.15, 0.2) is 0 Å². The molecule has 0 aliphatic rings. The van der Waals surface area contributed by atoms with Gasteiger partial charge >= 0.3 is 14.5 Å². The maximum absolute atomic E-state index is 9.75. The van der Waals surface area contributed by atoms with Crippen molar-refractivity contribution < 1.29 is 43.5 Å². The van der Waals surface area contributed by atoms with Crippen LogP contribution in [0.15, 0.2) is 0 Å². The predicted octanol–water partition coefficient (Wildman–Crippen LogP) is 5.34. The van der Waals surface area contributed by atoms with Crippen LogP contribution in [0.2, 0.25) is 0 Å². The molecule has 0 aromatic heterocycles. The highest BCUT2D eigenvalue weighted by molar-refractivity contribution is 6.50. The van der Waals surface area contributed by atoms with Crippen molar-refractivity contribution >= 4 is 14.5 Å². The number of halogens is 8. The molecular weight excluding hydrogens is 370 g/mol. The number of quaternary nitrogens is 2. The van der Waals surface area contributed by atoms with E-state index in [1.54, 1.807) is 0 Å². The van der Waals surface area contributed by atoms with Gasteiger partial charge in [-0.1, -0.05) is 26.7 Å². The normalized spacial score (nSPS) is 12.7. The molecular formula is C14H34B2F8N2. The number of unbranched alkanes of at least 4 members (excludes halogenated alkanes) is 2. The number of hydrogen-bond acceptors (Lipinski definition) is 0. The average molecular weight is 404 g/mol. The number of likely N-dealkylation sites (N-methyl/N-ethyl adjacent to an activating group) is 2. The fourth-order valence-electron chi connectivity index (χ4n) is 1.94. The molecule has 0 aromatic rings. The highest BCUT2D eigenvalue weighted by Gasteiger charge is 2.22.